The molecule has 98 valence electrons. The van der Waals surface area contributed by atoms with Gasteiger partial charge in [-0.25, -0.2) is 8.78 Å². The summed E-state index contributed by atoms with van der Waals surface area (Å²) in [4.78, 5) is 0. The van der Waals surface area contributed by atoms with Gasteiger partial charge < -0.3 is 5.32 Å². The van der Waals surface area contributed by atoms with E-state index in [-0.39, 0.29) is 5.56 Å². The molecule has 2 atom stereocenters. The van der Waals surface area contributed by atoms with Crippen LogP contribution < -0.4 is 5.32 Å². The van der Waals surface area contributed by atoms with Gasteiger partial charge in [-0.3, -0.25) is 0 Å². The number of halogens is 2. The molecule has 2 aliphatic rings. The molecule has 1 aromatic rings. The van der Waals surface area contributed by atoms with Crippen molar-refractivity contribution in [2.24, 2.45) is 5.92 Å². The second kappa shape index (κ2) is 4.30. The first-order chi connectivity index (χ1) is 8.55. The Morgan fingerprint density at radius 2 is 1.61 bits per heavy atom. The van der Waals surface area contributed by atoms with Gasteiger partial charge in [-0.2, -0.15) is 0 Å². The molecule has 2 bridgehead atoms. The smallest absolute Gasteiger partial charge is 0.276 e. The fraction of sp³-hybridized carbons (Fsp3) is 0.600. The Balaban J connectivity index is 1.83. The molecule has 2 heterocycles. The molecule has 1 aromatic carbocycles. The van der Waals surface area contributed by atoms with Gasteiger partial charge in [-0.05, 0) is 32.6 Å². The molecule has 0 saturated carbocycles. The molecule has 3 rings (SSSR count). The van der Waals surface area contributed by atoms with Crippen LogP contribution in [-0.4, -0.2) is 12.1 Å². The molecule has 2 aliphatic heterocycles. The summed E-state index contributed by atoms with van der Waals surface area (Å²) in [6, 6.07) is 7.34. The monoisotopic (exact) mass is 251 g/mol. The number of benzene rings is 1. The third-order valence-corrected chi connectivity index (χ3v) is 4.42. The minimum Gasteiger partial charge on any atom is -0.311 e. The Morgan fingerprint density at radius 1 is 1.06 bits per heavy atom. The molecule has 0 spiro atoms. The third kappa shape index (κ3) is 2.05. The molecule has 1 nitrogen and oxygen atoms in total. The molecule has 1 N–H and O–H groups in total. The van der Waals surface area contributed by atoms with E-state index in [1.807, 2.05) is 6.92 Å². The number of fused-ring (bicyclic) bond motifs is 2. The lowest BCUT2D eigenvalue weighted by atomic mass is 9.83. The van der Waals surface area contributed by atoms with Crippen LogP contribution in [0.4, 0.5) is 8.78 Å². The van der Waals surface area contributed by atoms with Gasteiger partial charge in [0.2, 0.25) is 0 Å². The summed E-state index contributed by atoms with van der Waals surface area (Å²) in [7, 11) is 0. The highest BCUT2D eigenvalue weighted by Gasteiger charge is 2.47. The first kappa shape index (κ1) is 12.1. The second-order valence-electron chi connectivity index (χ2n) is 5.80. The van der Waals surface area contributed by atoms with Crippen LogP contribution in [0.25, 0.3) is 0 Å². The molecule has 18 heavy (non-hydrogen) atoms. The van der Waals surface area contributed by atoms with Gasteiger partial charge in [0.1, 0.15) is 0 Å². The lowest BCUT2D eigenvalue weighted by molar-refractivity contribution is -0.0814. The van der Waals surface area contributed by atoms with Crippen LogP contribution in [0.1, 0.15) is 36.8 Å². The van der Waals surface area contributed by atoms with Crippen LogP contribution >= 0.6 is 0 Å². The van der Waals surface area contributed by atoms with Crippen molar-refractivity contribution < 1.29 is 8.78 Å². The van der Waals surface area contributed by atoms with E-state index in [2.05, 4.69) is 5.32 Å². The van der Waals surface area contributed by atoms with E-state index < -0.39 is 11.8 Å². The Labute approximate surface area is 107 Å². The molecule has 2 saturated heterocycles. The number of piperidine rings is 1. The highest BCUT2D eigenvalue weighted by atomic mass is 19.3. The van der Waals surface area contributed by atoms with E-state index in [1.54, 1.807) is 24.3 Å². The van der Waals surface area contributed by atoms with Crippen LogP contribution in [0.3, 0.4) is 0 Å². The molecule has 2 fully saturated rings. The maximum atomic E-state index is 14.5. The third-order valence-electron chi connectivity index (χ3n) is 4.42. The first-order valence-corrected chi connectivity index (χ1v) is 6.76. The molecular formula is C15H19F2N. The lowest BCUT2D eigenvalue weighted by Crippen LogP contribution is -2.43. The zero-order valence-corrected chi connectivity index (χ0v) is 10.6. The molecule has 0 aromatic heterocycles. The highest BCUT2D eigenvalue weighted by molar-refractivity contribution is 5.26. The van der Waals surface area contributed by atoms with Crippen molar-refractivity contribution >= 4 is 0 Å². The van der Waals surface area contributed by atoms with Crippen LogP contribution in [0.15, 0.2) is 24.3 Å². The number of aryl methyl sites for hydroxylation is 1. The standard InChI is InChI=1S/C15H19F2N/c1-10-2-4-11(5-3-10)15(16,17)12-8-13-6-7-14(9-12)18-13/h2-5,12-14,18H,6-9H2,1H3. The molecule has 0 radical (unpaired) electrons. The van der Waals surface area contributed by atoms with Crippen LogP contribution in [-0.2, 0) is 5.92 Å². The van der Waals surface area contributed by atoms with Gasteiger partial charge >= 0.3 is 0 Å². The maximum absolute atomic E-state index is 14.5. The number of rotatable bonds is 2. The van der Waals surface area contributed by atoms with Gasteiger partial charge in [-0.1, -0.05) is 29.8 Å². The predicted molar refractivity (Wildman–Crippen MR) is 67.7 cm³/mol. The number of hydrogen-bond donors (Lipinski definition) is 1. The largest absolute Gasteiger partial charge is 0.311 e. The van der Waals surface area contributed by atoms with Crippen molar-refractivity contribution in [3.8, 4) is 0 Å². The Hall–Kier alpha value is -0.960. The Bertz CT molecular complexity index is 415. The second-order valence-corrected chi connectivity index (χ2v) is 5.80. The summed E-state index contributed by atoms with van der Waals surface area (Å²) in [6.07, 6.45) is 3.34. The summed E-state index contributed by atoms with van der Waals surface area (Å²) in [5, 5.41) is 3.42. The molecule has 0 amide bonds. The van der Waals surface area contributed by atoms with E-state index in [4.69, 9.17) is 0 Å². The average molecular weight is 251 g/mol. The minimum absolute atomic E-state index is 0.180. The Morgan fingerprint density at radius 3 is 2.17 bits per heavy atom. The van der Waals surface area contributed by atoms with E-state index in [0.29, 0.717) is 24.9 Å². The van der Waals surface area contributed by atoms with Crippen molar-refractivity contribution in [2.75, 3.05) is 0 Å². The van der Waals surface area contributed by atoms with Gasteiger partial charge in [-0.15, -0.1) is 0 Å². The van der Waals surface area contributed by atoms with Crippen molar-refractivity contribution in [3.63, 3.8) is 0 Å². The van der Waals surface area contributed by atoms with E-state index in [0.717, 1.165) is 18.4 Å². The van der Waals surface area contributed by atoms with Crippen LogP contribution in [0.5, 0.6) is 0 Å². The van der Waals surface area contributed by atoms with Gasteiger partial charge in [0.25, 0.3) is 5.92 Å². The van der Waals surface area contributed by atoms with E-state index >= 15 is 0 Å². The quantitative estimate of drug-likeness (QED) is 0.846. The molecular weight excluding hydrogens is 232 g/mol. The van der Waals surface area contributed by atoms with E-state index in [1.165, 1.54) is 0 Å². The van der Waals surface area contributed by atoms with Crippen molar-refractivity contribution in [3.05, 3.63) is 35.4 Å². The van der Waals surface area contributed by atoms with Crippen molar-refractivity contribution in [1.29, 1.82) is 0 Å². The summed E-state index contributed by atoms with van der Waals surface area (Å²) in [5.74, 6) is -3.18. The Kier molecular flexibility index (Phi) is 2.89. The normalized spacial score (nSPS) is 31.6. The SMILES string of the molecule is Cc1ccc(C(F)(F)C2CC3CCC(C2)N3)cc1. The number of alkyl halides is 2. The highest BCUT2D eigenvalue weighted by Crippen LogP contribution is 2.45. The van der Waals surface area contributed by atoms with Gasteiger partial charge in [0, 0.05) is 23.6 Å². The molecule has 3 heteroatoms. The van der Waals surface area contributed by atoms with Gasteiger partial charge in [0.15, 0.2) is 0 Å². The van der Waals surface area contributed by atoms with Crippen molar-refractivity contribution in [2.45, 2.75) is 50.6 Å². The topological polar surface area (TPSA) is 12.0 Å². The maximum Gasteiger partial charge on any atom is 0.276 e. The first-order valence-electron chi connectivity index (χ1n) is 6.76. The summed E-state index contributed by atoms with van der Waals surface area (Å²) in [6.45, 7) is 1.92. The van der Waals surface area contributed by atoms with Crippen LogP contribution in [0, 0.1) is 12.8 Å². The minimum atomic E-state index is -2.68. The molecule has 0 aliphatic carbocycles. The fourth-order valence-corrected chi connectivity index (χ4v) is 3.36. The summed E-state index contributed by atoms with van der Waals surface area (Å²) < 4.78 is 29.0. The zero-order chi connectivity index (χ0) is 12.8. The number of nitrogens with one attached hydrogen (secondary N) is 1. The summed E-state index contributed by atoms with van der Waals surface area (Å²) in [5.41, 5.74) is 1.21. The van der Waals surface area contributed by atoms with Gasteiger partial charge in [0.05, 0.1) is 0 Å². The van der Waals surface area contributed by atoms with E-state index in [9.17, 15) is 8.78 Å². The van der Waals surface area contributed by atoms with Crippen molar-refractivity contribution in [1.82, 2.24) is 5.32 Å². The molecule has 2 unspecified atom stereocenters. The van der Waals surface area contributed by atoms with Crippen LogP contribution in [0.2, 0.25) is 0 Å². The summed E-state index contributed by atoms with van der Waals surface area (Å²) >= 11 is 0. The average Bonchev–Trinajstić information content (AvgIpc) is 2.68. The number of hydrogen-bond acceptors (Lipinski definition) is 1. The fourth-order valence-electron chi connectivity index (χ4n) is 3.36. The zero-order valence-electron chi connectivity index (χ0n) is 10.6. The lowest BCUT2D eigenvalue weighted by Gasteiger charge is -2.34. The predicted octanol–water partition coefficient (Wildman–Crippen LogP) is 3.62.